The Bertz CT molecular complexity index is 2420. The molecule has 0 bridgehead atoms. The van der Waals surface area contributed by atoms with Gasteiger partial charge in [-0.2, -0.15) is 5.26 Å². The molecule has 316 valence electrons. The molecule has 1 saturated carbocycles. The van der Waals surface area contributed by atoms with Gasteiger partial charge >= 0.3 is 0 Å². The van der Waals surface area contributed by atoms with Gasteiger partial charge in [-0.15, -0.1) is 0 Å². The van der Waals surface area contributed by atoms with Gasteiger partial charge in [0.15, 0.2) is 11.6 Å². The molecule has 14 nitrogen and oxygen atoms in total. The first-order valence-corrected chi connectivity index (χ1v) is 21.2. The number of fused-ring (bicyclic) bond motifs is 2. The van der Waals surface area contributed by atoms with E-state index in [0.717, 1.165) is 50.7 Å². The summed E-state index contributed by atoms with van der Waals surface area (Å²) in [6.45, 7) is 5.13. The number of halogens is 2. The van der Waals surface area contributed by atoms with E-state index in [9.17, 15) is 24.4 Å². The van der Waals surface area contributed by atoms with Crippen molar-refractivity contribution in [3.8, 4) is 11.8 Å². The lowest BCUT2D eigenvalue weighted by Crippen LogP contribution is -2.52. The summed E-state index contributed by atoms with van der Waals surface area (Å²) >= 11 is 0. The summed E-state index contributed by atoms with van der Waals surface area (Å²) in [4.78, 5) is 66.9. The number of carbonyl (C=O) groups excluding carboxylic acids is 4. The van der Waals surface area contributed by atoms with Crippen LogP contribution in [0.5, 0.6) is 5.75 Å². The number of ether oxygens (including phenoxy) is 1. The highest BCUT2D eigenvalue weighted by molar-refractivity contribution is 6.05. The zero-order valence-electron chi connectivity index (χ0n) is 33.7. The first-order valence-electron chi connectivity index (χ1n) is 21.2. The number of nitriles is 1. The van der Waals surface area contributed by atoms with E-state index in [1.165, 1.54) is 23.2 Å². The van der Waals surface area contributed by atoms with E-state index in [2.05, 4.69) is 31.6 Å². The van der Waals surface area contributed by atoms with Gasteiger partial charge in [0.1, 0.15) is 23.7 Å². The maximum atomic E-state index is 15.5. The maximum absolute atomic E-state index is 15.5. The average molecular weight is 832 g/mol. The van der Waals surface area contributed by atoms with Crippen molar-refractivity contribution in [2.24, 2.45) is 5.92 Å². The van der Waals surface area contributed by atoms with E-state index in [1.807, 2.05) is 28.0 Å². The van der Waals surface area contributed by atoms with Gasteiger partial charge in [0.25, 0.3) is 11.8 Å². The van der Waals surface area contributed by atoms with Crippen LogP contribution in [0.15, 0.2) is 54.9 Å². The van der Waals surface area contributed by atoms with Gasteiger partial charge in [0, 0.05) is 88.2 Å². The molecule has 9 rings (SSSR count). The predicted molar refractivity (Wildman–Crippen MR) is 221 cm³/mol. The number of amides is 4. The van der Waals surface area contributed by atoms with E-state index >= 15 is 8.78 Å². The number of nitrogens with zero attached hydrogens (tertiary/aromatic N) is 7. The number of carbonyl (C=O) groups is 4. The smallest absolute Gasteiger partial charge is 0.255 e. The van der Waals surface area contributed by atoms with Crippen molar-refractivity contribution < 1.29 is 32.7 Å². The van der Waals surface area contributed by atoms with Gasteiger partial charge in [0.2, 0.25) is 11.8 Å². The fourth-order valence-electron chi connectivity index (χ4n) is 9.58. The standard InChI is InChI=1S/C45H47F2N9O5/c46-35-22-34-30(26-56(45(34)60)37-8-10-40(57)52-44(37)59)21-38(35)54-18-16-53(17-19-54)25-27-11-14-55(15-12-27)42-36(47)20-29(24-50-42)43(58)51-31-4-6-32(7-5-31)61-39-9-3-28(23-48)41-33(39)2-1-13-49-41/h1-3,9,13,20-22,24,27,31-32,37H,4-8,10-12,14-19,25-26H2,(H,51,58)(H,52,57,59)/t31?,32?,37-/m0/s1. The molecule has 4 fully saturated rings. The van der Waals surface area contributed by atoms with Gasteiger partial charge in [-0.3, -0.25) is 34.4 Å². The predicted octanol–water partition coefficient (Wildman–Crippen LogP) is 4.70. The van der Waals surface area contributed by atoms with E-state index in [4.69, 9.17) is 4.74 Å². The number of aromatic nitrogens is 2. The number of rotatable bonds is 9. The Labute approximate surface area is 351 Å². The summed E-state index contributed by atoms with van der Waals surface area (Å²) in [5, 5.41) is 15.6. The molecule has 2 aromatic heterocycles. The fraction of sp³-hybridized carbons (Fsp3) is 0.444. The van der Waals surface area contributed by atoms with Crippen LogP contribution in [-0.2, 0) is 16.1 Å². The van der Waals surface area contributed by atoms with Crippen molar-refractivity contribution in [2.75, 3.05) is 55.6 Å². The average Bonchev–Trinajstić information content (AvgIpc) is 3.58. The molecule has 4 amide bonds. The third kappa shape index (κ3) is 8.31. The van der Waals surface area contributed by atoms with Gasteiger partial charge < -0.3 is 24.8 Å². The molecule has 4 aliphatic heterocycles. The van der Waals surface area contributed by atoms with E-state index in [-0.39, 0.29) is 60.3 Å². The summed E-state index contributed by atoms with van der Waals surface area (Å²) in [6.07, 6.45) is 8.12. The third-order valence-corrected chi connectivity index (χ3v) is 13.0. The molecule has 2 aromatic carbocycles. The molecule has 2 N–H and O–H groups in total. The minimum absolute atomic E-state index is 0.0386. The third-order valence-electron chi connectivity index (χ3n) is 13.0. The van der Waals surface area contributed by atoms with Gasteiger partial charge in [-0.1, -0.05) is 0 Å². The molecule has 4 aromatic rings. The van der Waals surface area contributed by atoms with E-state index in [1.54, 1.807) is 18.3 Å². The second-order valence-corrected chi connectivity index (χ2v) is 16.8. The van der Waals surface area contributed by atoms with Gasteiger partial charge in [-0.25, -0.2) is 13.8 Å². The lowest BCUT2D eigenvalue weighted by Gasteiger charge is -2.40. The Morgan fingerprint density at radius 1 is 0.902 bits per heavy atom. The summed E-state index contributed by atoms with van der Waals surface area (Å²) in [6, 6.07) is 12.9. The second-order valence-electron chi connectivity index (χ2n) is 16.8. The zero-order chi connectivity index (χ0) is 42.2. The first-order chi connectivity index (χ1) is 29.6. The Kier molecular flexibility index (Phi) is 11.2. The quantitative estimate of drug-likeness (QED) is 0.225. The Hall–Kier alpha value is -6.21. The van der Waals surface area contributed by atoms with Crippen molar-refractivity contribution in [2.45, 2.75) is 76.1 Å². The number of pyridine rings is 2. The number of piperidine rings is 2. The van der Waals surface area contributed by atoms with Crippen LogP contribution in [0.25, 0.3) is 10.9 Å². The second kappa shape index (κ2) is 17.0. The molecular weight excluding hydrogens is 785 g/mol. The molecule has 1 aliphatic carbocycles. The fourth-order valence-corrected chi connectivity index (χ4v) is 9.58. The number of anilines is 2. The first kappa shape index (κ1) is 40.2. The summed E-state index contributed by atoms with van der Waals surface area (Å²) in [5.41, 5.74) is 2.69. The van der Waals surface area contributed by atoms with Crippen molar-refractivity contribution in [3.05, 3.63) is 88.7 Å². The topological polar surface area (TPSA) is 164 Å². The highest BCUT2D eigenvalue weighted by atomic mass is 19.1. The van der Waals surface area contributed by atoms with Crippen LogP contribution in [0.3, 0.4) is 0 Å². The Morgan fingerprint density at radius 2 is 1.69 bits per heavy atom. The number of imide groups is 1. The van der Waals surface area contributed by atoms with Crippen LogP contribution in [0.4, 0.5) is 20.3 Å². The molecule has 16 heteroatoms. The number of hydrogen-bond donors (Lipinski definition) is 2. The van der Waals surface area contributed by atoms with Crippen molar-refractivity contribution in [1.29, 1.82) is 5.26 Å². The highest BCUT2D eigenvalue weighted by Crippen LogP contribution is 2.34. The molecule has 0 radical (unpaired) electrons. The molecule has 6 heterocycles. The van der Waals surface area contributed by atoms with Crippen molar-refractivity contribution >= 4 is 46.0 Å². The Balaban J connectivity index is 0.715. The number of piperazine rings is 1. The zero-order valence-corrected chi connectivity index (χ0v) is 33.7. The highest BCUT2D eigenvalue weighted by Gasteiger charge is 2.40. The minimum atomic E-state index is -0.748. The normalized spacial score (nSPS) is 22.5. The lowest BCUT2D eigenvalue weighted by atomic mass is 9.92. The van der Waals surface area contributed by atoms with Crippen LogP contribution < -0.4 is 25.2 Å². The monoisotopic (exact) mass is 831 g/mol. The van der Waals surface area contributed by atoms with Crippen LogP contribution in [0.1, 0.15) is 83.2 Å². The van der Waals surface area contributed by atoms with Crippen LogP contribution in [-0.4, -0.2) is 107 Å². The van der Waals surface area contributed by atoms with Crippen molar-refractivity contribution in [3.63, 3.8) is 0 Å². The molecule has 3 saturated heterocycles. The van der Waals surface area contributed by atoms with Crippen molar-refractivity contribution in [1.82, 2.24) is 30.4 Å². The summed E-state index contributed by atoms with van der Waals surface area (Å²) in [5.74, 6) is -1.22. The molecule has 0 spiro atoms. The van der Waals surface area contributed by atoms with Gasteiger partial charge in [0.05, 0.1) is 28.4 Å². The maximum Gasteiger partial charge on any atom is 0.255 e. The Morgan fingerprint density at radius 3 is 2.43 bits per heavy atom. The van der Waals surface area contributed by atoms with Crippen LogP contribution in [0.2, 0.25) is 0 Å². The lowest BCUT2D eigenvalue weighted by molar-refractivity contribution is -0.136. The molecule has 0 unspecified atom stereocenters. The van der Waals surface area contributed by atoms with Gasteiger partial charge in [-0.05, 0) is 98.9 Å². The largest absolute Gasteiger partial charge is 0.490 e. The molecule has 61 heavy (non-hydrogen) atoms. The number of benzene rings is 2. The number of nitrogens with one attached hydrogen (secondary N) is 2. The molecule has 5 aliphatic rings. The molecular formula is C45H47F2N9O5. The minimum Gasteiger partial charge on any atom is -0.490 e. The van der Waals surface area contributed by atoms with Crippen LogP contribution >= 0.6 is 0 Å². The SMILES string of the molecule is N#Cc1ccc(OC2CCC(NC(=O)c3cnc(N4CCC(CN5CCN(c6cc7c(cc6F)C(=O)N([C@H]6CCC(=O)NC6=O)C7)CC5)CC4)c(F)c3)CC2)c2cccnc12. The molecule has 1 atom stereocenters. The van der Waals surface area contributed by atoms with E-state index in [0.29, 0.717) is 73.0 Å². The number of hydrogen-bond acceptors (Lipinski definition) is 11. The summed E-state index contributed by atoms with van der Waals surface area (Å²) < 4.78 is 37.2. The summed E-state index contributed by atoms with van der Waals surface area (Å²) in [7, 11) is 0. The van der Waals surface area contributed by atoms with E-state index < -0.39 is 29.5 Å². The van der Waals surface area contributed by atoms with Crippen LogP contribution in [0, 0.1) is 28.9 Å².